The Bertz CT molecular complexity index is 449. The van der Waals surface area contributed by atoms with Gasteiger partial charge in [0.1, 0.15) is 0 Å². The number of halogens is 1. The summed E-state index contributed by atoms with van der Waals surface area (Å²) < 4.78 is 2.02. The highest BCUT2D eigenvalue weighted by molar-refractivity contribution is 6.32. The number of nitrogens with zero attached hydrogens (tertiary/aromatic N) is 1. The van der Waals surface area contributed by atoms with E-state index in [0.29, 0.717) is 0 Å². The van der Waals surface area contributed by atoms with Crippen molar-refractivity contribution in [2.75, 3.05) is 13.6 Å². The van der Waals surface area contributed by atoms with Crippen molar-refractivity contribution >= 4 is 11.6 Å². The molecule has 0 aliphatic rings. The zero-order valence-electron chi connectivity index (χ0n) is 9.28. The fourth-order valence-corrected chi connectivity index (χ4v) is 1.98. The number of aromatic nitrogens is 1. The first-order chi connectivity index (χ1) is 7.81. The summed E-state index contributed by atoms with van der Waals surface area (Å²) in [5.74, 6) is 0. The van der Waals surface area contributed by atoms with Gasteiger partial charge in [-0.1, -0.05) is 17.7 Å². The Morgan fingerprint density at radius 2 is 2.00 bits per heavy atom. The quantitative estimate of drug-likeness (QED) is 0.861. The minimum absolute atomic E-state index is 0.796. The minimum Gasteiger partial charge on any atom is -0.322 e. The van der Waals surface area contributed by atoms with Crippen molar-refractivity contribution in [3.8, 4) is 5.69 Å². The lowest BCUT2D eigenvalue weighted by atomic mass is 10.1. The van der Waals surface area contributed by atoms with Gasteiger partial charge in [-0.15, -0.1) is 0 Å². The topological polar surface area (TPSA) is 17.0 Å². The molecule has 0 bridgehead atoms. The second kappa shape index (κ2) is 5.19. The van der Waals surface area contributed by atoms with Gasteiger partial charge in [0.05, 0.1) is 10.7 Å². The van der Waals surface area contributed by atoms with Crippen molar-refractivity contribution in [3.63, 3.8) is 0 Å². The molecule has 0 aliphatic carbocycles. The summed E-state index contributed by atoms with van der Waals surface area (Å²) in [6, 6.07) is 10.2. The van der Waals surface area contributed by atoms with Crippen LogP contribution in [0.1, 0.15) is 5.56 Å². The fourth-order valence-electron chi connectivity index (χ4n) is 1.68. The number of rotatable bonds is 4. The van der Waals surface area contributed by atoms with Crippen LogP contribution in [0.25, 0.3) is 5.69 Å². The van der Waals surface area contributed by atoms with Crippen LogP contribution in [0.3, 0.4) is 0 Å². The fraction of sp³-hybridized carbons (Fsp3) is 0.231. The monoisotopic (exact) mass is 234 g/mol. The van der Waals surface area contributed by atoms with Gasteiger partial charge in [0.25, 0.3) is 0 Å². The maximum atomic E-state index is 6.26. The largest absolute Gasteiger partial charge is 0.322 e. The van der Waals surface area contributed by atoms with Crippen molar-refractivity contribution in [2.45, 2.75) is 6.42 Å². The molecule has 2 aromatic rings. The van der Waals surface area contributed by atoms with Gasteiger partial charge in [0.2, 0.25) is 0 Å². The number of nitrogens with one attached hydrogen (secondary N) is 1. The van der Waals surface area contributed by atoms with E-state index in [0.717, 1.165) is 23.7 Å². The van der Waals surface area contributed by atoms with Crippen LogP contribution in [0.4, 0.5) is 0 Å². The molecule has 0 aliphatic heterocycles. The Kier molecular flexibility index (Phi) is 3.65. The summed E-state index contributed by atoms with van der Waals surface area (Å²) in [6.45, 7) is 0.971. The number of hydrogen-bond donors (Lipinski definition) is 1. The number of likely N-dealkylation sites (N-methyl/N-ethyl adjacent to an activating group) is 1. The standard InChI is InChI=1S/C13H15ClN2/c1-15-7-6-11-4-5-13(12(14)10-11)16-8-2-3-9-16/h2-5,8-10,15H,6-7H2,1H3. The molecular formula is C13H15ClN2. The van der Waals surface area contributed by atoms with Gasteiger partial charge in [0, 0.05) is 12.4 Å². The predicted molar refractivity (Wildman–Crippen MR) is 68.4 cm³/mol. The summed E-state index contributed by atoms with van der Waals surface area (Å²) in [4.78, 5) is 0. The third kappa shape index (κ3) is 2.46. The van der Waals surface area contributed by atoms with E-state index in [9.17, 15) is 0 Å². The third-order valence-electron chi connectivity index (χ3n) is 2.56. The van der Waals surface area contributed by atoms with E-state index in [1.807, 2.05) is 42.2 Å². The van der Waals surface area contributed by atoms with Gasteiger partial charge >= 0.3 is 0 Å². The SMILES string of the molecule is CNCCc1ccc(-n2cccc2)c(Cl)c1. The molecule has 0 amide bonds. The van der Waals surface area contributed by atoms with Gasteiger partial charge in [-0.25, -0.2) is 0 Å². The highest BCUT2D eigenvalue weighted by Crippen LogP contribution is 2.22. The number of hydrogen-bond acceptors (Lipinski definition) is 1. The molecule has 0 fully saturated rings. The van der Waals surface area contributed by atoms with Crippen LogP contribution in [-0.4, -0.2) is 18.2 Å². The predicted octanol–water partition coefficient (Wildman–Crippen LogP) is 2.89. The van der Waals surface area contributed by atoms with Crippen molar-refractivity contribution < 1.29 is 0 Å². The van der Waals surface area contributed by atoms with E-state index in [1.54, 1.807) is 0 Å². The molecule has 0 unspecified atom stereocenters. The van der Waals surface area contributed by atoms with Crippen LogP contribution >= 0.6 is 11.6 Å². The molecule has 0 atom stereocenters. The van der Waals surface area contributed by atoms with E-state index < -0.39 is 0 Å². The molecule has 1 aromatic heterocycles. The maximum Gasteiger partial charge on any atom is 0.0649 e. The molecule has 1 N–H and O–H groups in total. The van der Waals surface area contributed by atoms with Crippen LogP contribution in [0.2, 0.25) is 5.02 Å². The van der Waals surface area contributed by atoms with Gasteiger partial charge in [-0.3, -0.25) is 0 Å². The molecule has 0 radical (unpaired) electrons. The summed E-state index contributed by atoms with van der Waals surface area (Å²) >= 11 is 6.26. The lowest BCUT2D eigenvalue weighted by molar-refractivity contribution is 0.791. The Hall–Kier alpha value is -1.25. The summed E-state index contributed by atoms with van der Waals surface area (Å²) in [5.41, 5.74) is 2.29. The smallest absolute Gasteiger partial charge is 0.0649 e. The summed E-state index contributed by atoms with van der Waals surface area (Å²) in [6.07, 6.45) is 4.99. The third-order valence-corrected chi connectivity index (χ3v) is 2.86. The summed E-state index contributed by atoms with van der Waals surface area (Å²) in [7, 11) is 1.95. The second-order valence-corrected chi connectivity index (χ2v) is 4.14. The van der Waals surface area contributed by atoms with Crippen LogP contribution in [0, 0.1) is 0 Å². The molecule has 16 heavy (non-hydrogen) atoms. The molecule has 1 aromatic carbocycles. The molecule has 0 saturated heterocycles. The molecule has 0 spiro atoms. The zero-order chi connectivity index (χ0) is 11.4. The lowest BCUT2D eigenvalue weighted by Crippen LogP contribution is -2.10. The van der Waals surface area contributed by atoms with E-state index in [-0.39, 0.29) is 0 Å². The number of benzene rings is 1. The first-order valence-electron chi connectivity index (χ1n) is 5.37. The minimum atomic E-state index is 0.796. The first-order valence-corrected chi connectivity index (χ1v) is 5.75. The Morgan fingerprint density at radius 3 is 2.62 bits per heavy atom. The highest BCUT2D eigenvalue weighted by Gasteiger charge is 2.02. The van der Waals surface area contributed by atoms with Crippen molar-refractivity contribution in [1.82, 2.24) is 9.88 Å². The first kappa shape index (κ1) is 11.2. The van der Waals surface area contributed by atoms with Gasteiger partial charge < -0.3 is 9.88 Å². The molecule has 2 nitrogen and oxygen atoms in total. The Morgan fingerprint density at radius 1 is 1.25 bits per heavy atom. The average Bonchev–Trinajstić information content (AvgIpc) is 2.80. The second-order valence-electron chi connectivity index (χ2n) is 3.73. The van der Waals surface area contributed by atoms with Crippen molar-refractivity contribution in [3.05, 3.63) is 53.3 Å². The maximum absolute atomic E-state index is 6.26. The molecule has 1 heterocycles. The molecule has 2 rings (SSSR count). The molecule has 3 heteroatoms. The van der Waals surface area contributed by atoms with Crippen molar-refractivity contribution in [2.24, 2.45) is 0 Å². The van der Waals surface area contributed by atoms with Gasteiger partial charge in [0.15, 0.2) is 0 Å². The van der Waals surface area contributed by atoms with Crippen LogP contribution in [0.15, 0.2) is 42.7 Å². The normalized spacial score (nSPS) is 10.6. The Labute approximate surface area is 101 Å². The summed E-state index contributed by atoms with van der Waals surface area (Å²) in [5, 5.41) is 3.93. The highest BCUT2D eigenvalue weighted by atomic mass is 35.5. The van der Waals surface area contributed by atoms with Gasteiger partial charge in [-0.05, 0) is 49.8 Å². The van der Waals surface area contributed by atoms with E-state index in [2.05, 4.69) is 17.4 Å². The molecule has 0 saturated carbocycles. The van der Waals surface area contributed by atoms with Crippen LogP contribution in [-0.2, 0) is 6.42 Å². The average molecular weight is 235 g/mol. The van der Waals surface area contributed by atoms with Gasteiger partial charge in [-0.2, -0.15) is 0 Å². The van der Waals surface area contributed by atoms with E-state index in [4.69, 9.17) is 11.6 Å². The molecular weight excluding hydrogens is 220 g/mol. The Balaban J connectivity index is 2.23. The van der Waals surface area contributed by atoms with Crippen LogP contribution in [0.5, 0.6) is 0 Å². The van der Waals surface area contributed by atoms with E-state index >= 15 is 0 Å². The zero-order valence-corrected chi connectivity index (χ0v) is 10.0. The van der Waals surface area contributed by atoms with E-state index in [1.165, 1.54) is 5.56 Å². The lowest BCUT2D eigenvalue weighted by Gasteiger charge is -2.08. The van der Waals surface area contributed by atoms with Crippen molar-refractivity contribution in [1.29, 1.82) is 0 Å². The molecule has 84 valence electrons. The van der Waals surface area contributed by atoms with Crippen LogP contribution < -0.4 is 5.32 Å².